The van der Waals surface area contributed by atoms with E-state index in [-0.39, 0.29) is 40.4 Å². The average Bonchev–Trinajstić information content (AvgIpc) is 3.51. The molecular formula is C22H20Cl2F2N4O3. The first kappa shape index (κ1) is 22.3. The Kier molecular flexibility index (Phi) is 5.90. The Morgan fingerprint density at radius 3 is 2.79 bits per heavy atom. The Bertz CT molecular complexity index is 1190. The van der Waals surface area contributed by atoms with Gasteiger partial charge in [0.1, 0.15) is 30.2 Å². The number of aromatic nitrogens is 3. The van der Waals surface area contributed by atoms with Gasteiger partial charge < -0.3 is 19.9 Å². The van der Waals surface area contributed by atoms with Crippen molar-refractivity contribution in [2.45, 2.75) is 37.4 Å². The van der Waals surface area contributed by atoms with Crippen LogP contribution in [0.2, 0.25) is 10.0 Å². The first-order chi connectivity index (χ1) is 15.8. The molecular weight excluding hydrogens is 477 g/mol. The summed E-state index contributed by atoms with van der Waals surface area (Å²) in [5.74, 6) is -0.156. The lowest BCUT2D eigenvalue weighted by molar-refractivity contribution is 0.0541. The van der Waals surface area contributed by atoms with Crippen LogP contribution in [0.25, 0.3) is 11.1 Å². The number of nitrogens with zero attached hydrogens (tertiary/aromatic N) is 3. The molecule has 1 aromatic carbocycles. The van der Waals surface area contributed by atoms with Crippen LogP contribution in [0.3, 0.4) is 0 Å². The van der Waals surface area contributed by atoms with E-state index in [9.17, 15) is 8.78 Å². The van der Waals surface area contributed by atoms with Gasteiger partial charge in [-0.2, -0.15) is 5.10 Å². The zero-order chi connectivity index (χ0) is 23.3. The Balaban J connectivity index is 1.38. The van der Waals surface area contributed by atoms with Crippen molar-refractivity contribution in [1.29, 1.82) is 0 Å². The third-order valence-electron chi connectivity index (χ3n) is 5.91. The van der Waals surface area contributed by atoms with Crippen molar-refractivity contribution in [3.8, 4) is 16.9 Å². The van der Waals surface area contributed by atoms with Crippen LogP contribution in [-0.2, 0) is 9.47 Å². The second kappa shape index (κ2) is 8.72. The van der Waals surface area contributed by atoms with E-state index in [1.54, 1.807) is 30.1 Å². The highest BCUT2D eigenvalue weighted by Crippen LogP contribution is 2.38. The average molecular weight is 497 g/mol. The number of anilines is 1. The van der Waals surface area contributed by atoms with Crippen LogP contribution in [0.1, 0.15) is 24.6 Å². The number of hydrogen-bond acceptors (Lipinski definition) is 6. The van der Waals surface area contributed by atoms with Crippen LogP contribution in [0.15, 0.2) is 36.8 Å². The fourth-order valence-electron chi connectivity index (χ4n) is 4.20. The van der Waals surface area contributed by atoms with Crippen LogP contribution in [0.5, 0.6) is 5.75 Å². The number of nitrogens with two attached hydrogens (primary N) is 1. The smallest absolute Gasteiger partial charge is 0.166 e. The lowest BCUT2D eigenvalue weighted by Gasteiger charge is -2.19. The molecule has 4 heterocycles. The van der Waals surface area contributed by atoms with Gasteiger partial charge in [0.25, 0.3) is 0 Å². The Hall–Kier alpha value is -2.46. The summed E-state index contributed by atoms with van der Waals surface area (Å²) in [6.07, 6.45) is 2.30. The van der Waals surface area contributed by atoms with E-state index in [1.165, 1.54) is 12.1 Å². The summed E-state index contributed by atoms with van der Waals surface area (Å²) >= 11 is 12.3. The maximum atomic E-state index is 13.9. The van der Waals surface area contributed by atoms with E-state index < -0.39 is 24.2 Å². The maximum absolute atomic E-state index is 13.9. The van der Waals surface area contributed by atoms with Gasteiger partial charge in [0, 0.05) is 34.1 Å². The summed E-state index contributed by atoms with van der Waals surface area (Å²) in [4.78, 5) is 4.21. The number of rotatable bonds is 5. The van der Waals surface area contributed by atoms with Crippen LogP contribution >= 0.6 is 23.2 Å². The molecule has 0 spiro atoms. The van der Waals surface area contributed by atoms with Crippen LogP contribution in [0.4, 0.5) is 14.6 Å². The number of halogens is 4. The van der Waals surface area contributed by atoms with Gasteiger partial charge in [0.15, 0.2) is 17.7 Å². The summed E-state index contributed by atoms with van der Waals surface area (Å²) in [6, 6.07) is 4.09. The molecule has 11 heteroatoms. The van der Waals surface area contributed by atoms with E-state index in [0.29, 0.717) is 17.7 Å². The van der Waals surface area contributed by atoms with E-state index >= 15 is 0 Å². The van der Waals surface area contributed by atoms with E-state index in [2.05, 4.69) is 10.1 Å². The van der Waals surface area contributed by atoms with Crippen molar-refractivity contribution in [3.63, 3.8) is 0 Å². The van der Waals surface area contributed by atoms with E-state index in [0.717, 1.165) is 5.56 Å². The molecule has 0 radical (unpaired) electrons. The Morgan fingerprint density at radius 2 is 1.97 bits per heavy atom. The monoisotopic (exact) mass is 496 g/mol. The minimum absolute atomic E-state index is 0.0278. The standard InChI is InChI=1S/C22H20Cl2F2N4O3/c1-10(18-13(23)2-3-14(25)19(18)24)33-17-4-11(5-28-22(17)27)12-6-29-30(7-12)16-9-32-20-15(26)8-31-21(16)20/h2-7,10,15-16,20-21H,8-9H2,1H3,(H2,27,28)/t10-,15-,16?,20+,21+/m1/s1. The Labute approximate surface area is 198 Å². The summed E-state index contributed by atoms with van der Waals surface area (Å²) in [6.45, 7) is 2.03. The van der Waals surface area contributed by atoms with E-state index in [1.807, 2.05) is 6.20 Å². The molecule has 3 aromatic rings. The predicted molar refractivity (Wildman–Crippen MR) is 119 cm³/mol. The number of fused-ring (bicyclic) bond motifs is 1. The molecule has 0 amide bonds. The number of alkyl halides is 1. The number of ether oxygens (including phenoxy) is 3. The zero-order valence-corrected chi connectivity index (χ0v) is 18.9. The molecule has 0 aliphatic carbocycles. The van der Waals surface area contributed by atoms with Crippen LogP contribution in [-0.4, -0.2) is 46.4 Å². The van der Waals surface area contributed by atoms with Crippen molar-refractivity contribution in [3.05, 3.63) is 58.2 Å². The van der Waals surface area contributed by atoms with Gasteiger partial charge in [-0.15, -0.1) is 0 Å². The highest BCUT2D eigenvalue weighted by atomic mass is 35.5. The van der Waals surface area contributed by atoms with Crippen molar-refractivity contribution in [2.75, 3.05) is 18.9 Å². The molecule has 5 atom stereocenters. The maximum Gasteiger partial charge on any atom is 0.166 e. The molecule has 0 bridgehead atoms. The molecule has 2 N–H and O–H groups in total. The summed E-state index contributed by atoms with van der Waals surface area (Å²) < 4.78 is 46.6. The van der Waals surface area contributed by atoms with Gasteiger partial charge in [0.05, 0.1) is 24.4 Å². The quantitative estimate of drug-likeness (QED) is 0.511. The molecule has 7 nitrogen and oxygen atoms in total. The first-order valence-corrected chi connectivity index (χ1v) is 11.1. The van der Waals surface area contributed by atoms with Crippen LogP contribution < -0.4 is 10.5 Å². The normalized spacial score (nSPS) is 25.2. The highest BCUT2D eigenvalue weighted by molar-refractivity contribution is 6.36. The molecule has 1 unspecified atom stereocenters. The highest BCUT2D eigenvalue weighted by Gasteiger charge is 2.49. The number of nitrogen functional groups attached to an aromatic ring is 1. The van der Waals surface area contributed by atoms with Gasteiger partial charge in [-0.25, -0.2) is 13.8 Å². The third-order valence-corrected chi connectivity index (χ3v) is 6.63. The molecule has 2 fully saturated rings. The number of pyridine rings is 1. The fourth-order valence-corrected chi connectivity index (χ4v) is 4.88. The second-order valence-electron chi connectivity index (χ2n) is 8.01. The minimum Gasteiger partial charge on any atom is -0.482 e. The molecule has 2 aliphatic heterocycles. The first-order valence-electron chi connectivity index (χ1n) is 10.3. The van der Waals surface area contributed by atoms with Crippen molar-refractivity contribution < 1.29 is 23.0 Å². The number of benzene rings is 1. The molecule has 2 aliphatic rings. The number of hydrogen-bond donors (Lipinski definition) is 1. The summed E-state index contributed by atoms with van der Waals surface area (Å²) in [5.41, 5.74) is 7.77. The lowest BCUT2D eigenvalue weighted by atomic mass is 10.1. The predicted octanol–water partition coefficient (Wildman–Crippen LogP) is 4.79. The largest absolute Gasteiger partial charge is 0.482 e. The van der Waals surface area contributed by atoms with E-state index in [4.69, 9.17) is 43.1 Å². The Morgan fingerprint density at radius 1 is 1.18 bits per heavy atom. The van der Waals surface area contributed by atoms with Gasteiger partial charge >= 0.3 is 0 Å². The zero-order valence-electron chi connectivity index (χ0n) is 17.4. The molecule has 2 aromatic heterocycles. The summed E-state index contributed by atoms with van der Waals surface area (Å²) in [7, 11) is 0. The second-order valence-corrected chi connectivity index (χ2v) is 8.80. The summed E-state index contributed by atoms with van der Waals surface area (Å²) in [5, 5.41) is 4.58. The van der Waals surface area contributed by atoms with Crippen molar-refractivity contribution in [2.24, 2.45) is 0 Å². The SMILES string of the molecule is C[C@@H](Oc1cc(-c2cnn(C3CO[C@H]4[C@H](F)CO[C@@H]34)c2)cnc1N)c1c(Cl)ccc(F)c1Cl. The van der Waals surface area contributed by atoms with Gasteiger partial charge in [-0.3, -0.25) is 4.68 Å². The third kappa shape index (κ3) is 4.03. The molecule has 174 valence electrons. The van der Waals surface area contributed by atoms with Crippen molar-refractivity contribution in [1.82, 2.24) is 14.8 Å². The van der Waals surface area contributed by atoms with Gasteiger partial charge in [0.2, 0.25) is 0 Å². The van der Waals surface area contributed by atoms with Crippen molar-refractivity contribution >= 4 is 29.0 Å². The van der Waals surface area contributed by atoms with Gasteiger partial charge in [-0.1, -0.05) is 23.2 Å². The minimum atomic E-state index is -1.13. The van der Waals surface area contributed by atoms with Crippen LogP contribution in [0, 0.1) is 5.82 Å². The lowest BCUT2D eigenvalue weighted by Crippen LogP contribution is -2.28. The fraction of sp³-hybridized carbons (Fsp3) is 0.364. The molecule has 0 saturated carbocycles. The molecule has 33 heavy (non-hydrogen) atoms. The molecule has 5 rings (SSSR count). The van der Waals surface area contributed by atoms with Gasteiger partial charge in [-0.05, 0) is 25.1 Å². The topological polar surface area (TPSA) is 84.4 Å². The molecule has 2 saturated heterocycles.